The Kier molecular flexibility index (Phi) is 3.99. The second-order valence-corrected chi connectivity index (χ2v) is 5.66. The van der Waals surface area contributed by atoms with Crippen LogP contribution in [0.25, 0.3) is 0 Å². The molecule has 0 aliphatic heterocycles. The van der Waals surface area contributed by atoms with Crippen LogP contribution in [-0.2, 0) is 16.6 Å². The smallest absolute Gasteiger partial charge is 0.124 e. The summed E-state index contributed by atoms with van der Waals surface area (Å²) in [6.07, 6.45) is 0. The first-order valence-corrected chi connectivity index (χ1v) is 6.94. The van der Waals surface area contributed by atoms with Crippen molar-refractivity contribution in [1.29, 1.82) is 0 Å². The van der Waals surface area contributed by atoms with Crippen LogP contribution in [0.5, 0.6) is 0 Å². The van der Waals surface area contributed by atoms with Crippen LogP contribution in [0.4, 0.5) is 10.1 Å². The molecular formula is C13H11ClFNOS. The Labute approximate surface area is 112 Å². The number of rotatable bonds is 3. The first-order chi connectivity index (χ1) is 8.56. The van der Waals surface area contributed by atoms with Gasteiger partial charge in [-0.25, -0.2) is 4.39 Å². The molecule has 2 aromatic rings. The highest BCUT2D eigenvalue weighted by molar-refractivity contribution is 7.84. The monoisotopic (exact) mass is 283 g/mol. The summed E-state index contributed by atoms with van der Waals surface area (Å²) in [5.74, 6) is -0.110. The van der Waals surface area contributed by atoms with Crippen molar-refractivity contribution in [3.05, 3.63) is 58.9 Å². The molecule has 0 radical (unpaired) electrons. The lowest BCUT2D eigenvalue weighted by atomic mass is 10.2. The van der Waals surface area contributed by atoms with Crippen LogP contribution < -0.4 is 5.73 Å². The van der Waals surface area contributed by atoms with Crippen molar-refractivity contribution < 1.29 is 8.60 Å². The van der Waals surface area contributed by atoms with E-state index in [1.54, 1.807) is 30.3 Å². The molecule has 1 unspecified atom stereocenters. The first kappa shape index (κ1) is 13.1. The van der Waals surface area contributed by atoms with Crippen LogP contribution >= 0.6 is 11.6 Å². The van der Waals surface area contributed by atoms with Crippen molar-refractivity contribution in [3.8, 4) is 0 Å². The minimum absolute atomic E-state index is 0.283. The van der Waals surface area contributed by atoms with E-state index in [2.05, 4.69) is 0 Å². The van der Waals surface area contributed by atoms with Gasteiger partial charge < -0.3 is 5.73 Å². The molecule has 5 heteroatoms. The third kappa shape index (κ3) is 3.09. The summed E-state index contributed by atoms with van der Waals surface area (Å²) >= 11 is 5.80. The summed E-state index contributed by atoms with van der Waals surface area (Å²) in [6.45, 7) is 0. The van der Waals surface area contributed by atoms with E-state index in [0.717, 1.165) is 5.56 Å². The molecule has 0 saturated heterocycles. The van der Waals surface area contributed by atoms with Crippen LogP contribution in [0.2, 0.25) is 5.02 Å². The number of hydrogen-bond donors (Lipinski definition) is 1. The molecule has 0 bridgehead atoms. The van der Waals surface area contributed by atoms with Gasteiger partial charge in [0.25, 0.3) is 0 Å². The van der Waals surface area contributed by atoms with E-state index in [0.29, 0.717) is 15.6 Å². The SMILES string of the molecule is Nc1cc(CS(=O)c2cccc(F)c2)ccc1Cl. The Morgan fingerprint density at radius 3 is 2.67 bits per heavy atom. The zero-order chi connectivity index (χ0) is 13.1. The van der Waals surface area contributed by atoms with Crippen molar-refractivity contribution >= 4 is 28.1 Å². The van der Waals surface area contributed by atoms with E-state index in [1.165, 1.54) is 12.1 Å². The molecule has 0 aliphatic rings. The summed E-state index contributed by atoms with van der Waals surface area (Å²) in [7, 11) is -1.30. The second-order valence-electron chi connectivity index (χ2n) is 3.80. The van der Waals surface area contributed by atoms with Gasteiger partial charge in [0.1, 0.15) is 5.82 Å². The van der Waals surface area contributed by atoms with E-state index in [9.17, 15) is 8.60 Å². The predicted octanol–water partition coefficient (Wildman–Crippen LogP) is 3.37. The molecule has 2 nitrogen and oxygen atoms in total. The highest BCUT2D eigenvalue weighted by Crippen LogP contribution is 2.21. The Hall–Kier alpha value is -1.39. The Morgan fingerprint density at radius 1 is 1.22 bits per heavy atom. The number of halogens is 2. The highest BCUT2D eigenvalue weighted by atomic mass is 35.5. The molecule has 2 N–H and O–H groups in total. The van der Waals surface area contributed by atoms with Crippen molar-refractivity contribution in [2.24, 2.45) is 0 Å². The Balaban J connectivity index is 2.18. The lowest BCUT2D eigenvalue weighted by molar-refractivity contribution is 0.622. The zero-order valence-electron chi connectivity index (χ0n) is 9.40. The third-order valence-electron chi connectivity index (χ3n) is 2.42. The van der Waals surface area contributed by atoms with Gasteiger partial charge in [0.2, 0.25) is 0 Å². The van der Waals surface area contributed by atoms with Gasteiger partial charge in [-0.1, -0.05) is 23.7 Å². The van der Waals surface area contributed by atoms with Gasteiger partial charge in [-0.05, 0) is 35.9 Å². The molecule has 0 amide bonds. The minimum atomic E-state index is -1.30. The number of hydrogen-bond acceptors (Lipinski definition) is 2. The number of anilines is 1. The van der Waals surface area contributed by atoms with Gasteiger partial charge in [-0.3, -0.25) is 4.21 Å². The van der Waals surface area contributed by atoms with Crippen molar-refractivity contribution in [3.63, 3.8) is 0 Å². The summed E-state index contributed by atoms with van der Waals surface area (Å²) in [4.78, 5) is 0.462. The van der Waals surface area contributed by atoms with Crippen LogP contribution in [-0.4, -0.2) is 4.21 Å². The largest absolute Gasteiger partial charge is 0.398 e. The fourth-order valence-electron chi connectivity index (χ4n) is 1.53. The molecule has 0 spiro atoms. The first-order valence-electron chi connectivity index (χ1n) is 5.24. The molecule has 2 rings (SSSR count). The zero-order valence-corrected chi connectivity index (χ0v) is 11.0. The molecule has 0 aliphatic carbocycles. The van der Waals surface area contributed by atoms with Gasteiger partial charge in [0, 0.05) is 4.90 Å². The number of nitrogens with two attached hydrogens (primary N) is 1. The van der Waals surface area contributed by atoms with Crippen LogP contribution in [0.15, 0.2) is 47.4 Å². The van der Waals surface area contributed by atoms with Crippen molar-refractivity contribution in [2.45, 2.75) is 10.6 Å². The highest BCUT2D eigenvalue weighted by Gasteiger charge is 2.07. The van der Waals surface area contributed by atoms with E-state index >= 15 is 0 Å². The normalized spacial score (nSPS) is 12.3. The van der Waals surface area contributed by atoms with E-state index in [-0.39, 0.29) is 5.75 Å². The fraction of sp³-hybridized carbons (Fsp3) is 0.0769. The fourth-order valence-corrected chi connectivity index (χ4v) is 2.77. The molecule has 94 valence electrons. The molecular weight excluding hydrogens is 273 g/mol. The third-order valence-corrected chi connectivity index (χ3v) is 4.14. The molecule has 0 fully saturated rings. The molecule has 1 atom stereocenters. The Bertz CT molecular complexity index is 603. The average molecular weight is 284 g/mol. The van der Waals surface area contributed by atoms with E-state index in [1.807, 2.05) is 0 Å². The van der Waals surface area contributed by atoms with Crippen LogP contribution in [0.1, 0.15) is 5.56 Å². The van der Waals surface area contributed by atoms with Gasteiger partial charge >= 0.3 is 0 Å². The maximum absolute atomic E-state index is 13.0. The van der Waals surface area contributed by atoms with Gasteiger partial charge in [-0.15, -0.1) is 0 Å². The second kappa shape index (κ2) is 5.50. The van der Waals surface area contributed by atoms with Gasteiger partial charge in [0.05, 0.1) is 27.3 Å². The topological polar surface area (TPSA) is 43.1 Å². The minimum Gasteiger partial charge on any atom is -0.398 e. The maximum Gasteiger partial charge on any atom is 0.124 e. The summed E-state index contributed by atoms with van der Waals surface area (Å²) in [6, 6.07) is 10.9. The van der Waals surface area contributed by atoms with Gasteiger partial charge in [-0.2, -0.15) is 0 Å². The standard InChI is InChI=1S/C13H11ClFNOS/c14-12-5-4-9(6-13(12)16)8-18(17)11-3-1-2-10(15)7-11/h1-7H,8,16H2. The van der Waals surface area contributed by atoms with Crippen molar-refractivity contribution in [1.82, 2.24) is 0 Å². The summed E-state index contributed by atoms with van der Waals surface area (Å²) in [5, 5.41) is 0.468. The molecule has 0 aromatic heterocycles. The van der Waals surface area contributed by atoms with Crippen LogP contribution in [0, 0.1) is 5.82 Å². The van der Waals surface area contributed by atoms with Crippen molar-refractivity contribution in [2.75, 3.05) is 5.73 Å². The average Bonchev–Trinajstić information content (AvgIpc) is 2.34. The van der Waals surface area contributed by atoms with Gasteiger partial charge in [0.15, 0.2) is 0 Å². The predicted molar refractivity (Wildman–Crippen MR) is 72.4 cm³/mol. The maximum atomic E-state index is 13.0. The lowest BCUT2D eigenvalue weighted by Gasteiger charge is -2.05. The quantitative estimate of drug-likeness (QED) is 0.878. The summed E-state index contributed by atoms with van der Waals surface area (Å²) < 4.78 is 25.0. The lowest BCUT2D eigenvalue weighted by Crippen LogP contribution is -1.98. The number of nitrogen functional groups attached to an aromatic ring is 1. The molecule has 0 heterocycles. The van der Waals surface area contributed by atoms with Crippen LogP contribution in [0.3, 0.4) is 0 Å². The molecule has 0 saturated carbocycles. The summed E-state index contributed by atoms with van der Waals surface area (Å²) in [5.41, 5.74) is 6.92. The molecule has 18 heavy (non-hydrogen) atoms. The number of benzene rings is 2. The van der Waals surface area contributed by atoms with E-state index < -0.39 is 16.6 Å². The van der Waals surface area contributed by atoms with E-state index in [4.69, 9.17) is 17.3 Å². The Morgan fingerprint density at radius 2 is 2.00 bits per heavy atom. The molecule has 2 aromatic carbocycles.